The Kier molecular flexibility index (Phi) is 4.73. The SMILES string of the molecule is COc1ccccc1-c1ccccc1[N+]#N.F[As-](F)(F)(F)(F)F. The zero-order valence-electron chi connectivity index (χ0n) is 11.6. The van der Waals surface area contributed by atoms with Gasteiger partial charge in [0.15, 0.2) is 4.98 Å². The summed E-state index contributed by atoms with van der Waals surface area (Å²) in [5.41, 5.74) is 2.30. The molecular formula is C13H11AsF6N2O. The molecule has 126 valence electrons. The number of benzene rings is 2. The first-order chi connectivity index (χ1) is 10.3. The zero-order valence-corrected chi connectivity index (χ0v) is 13.5. The minimum atomic E-state index is -11.1. The number of ether oxygens (including phenoxy) is 1. The van der Waals surface area contributed by atoms with Crippen LogP contribution in [0.2, 0.25) is 0 Å². The van der Waals surface area contributed by atoms with Crippen LogP contribution in [-0.4, -0.2) is 21.3 Å². The van der Waals surface area contributed by atoms with E-state index in [-0.39, 0.29) is 0 Å². The molecule has 0 aliphatic carbocycles. The van der Waals surface area contributed by atoms with Gasteiger partial charge in [0.2, 0.25) is 5.39 Å². The van der Waals surface area contributed by atoms with Crippen LogP contribution < -0.4 is 4.74 Å². The Morgan fingerprint density at radius 1 is 0.826 bits per heavy atom. The van der Waals surface area contributed by atoms with Crippen molar-refractivity contribution >= 4 is 19.9 Å². The topological polar surface area (TPSA) is 37.4 Å². The third-order valence-electron chi connectivity index (χ3n) is 2.41. The second kappa shape index (κ2) is 5.78. The number of para-hydroxylation sites is 1. The molecule has 3 nitrogen and oxygen atoms in total. The minimum absolute atomic E-state index is 0.534. The Morgan fingerprint density at radius 2 is 1.26 bits per heavy atom. The molecule has 0 unspecified atom stereocenters. The van der Waals surface area contributed by atoms with E-state index in [1.807, 2.05) is 42.5 Å². The summed E-state index contributed by atoms with van der Waals surface area (Å²) in [6.07, 6.45) is 0. The van der Waals surface area contributed by atoms with Crippen molar-refractivity contribution in [2.75, 3.05) is 7.11 Å². The van der Waals surface area contributed by atoms with Gasteiger partial charge in [-0.3, -0.25) is 0 Å². The fraction of sp³-hybridized carbons (Fsp3) is 0.0769. The van der Waals surface area contributed by atoms with E-state index in [1.54, 1.807) is 13.2 Å². The number of hydrogen-bond donors (Lipinski definition) is 0. The Morgan fingerprint density at radius 3 is 1.74 bits per heavy atom. The molecule has 0 bridgehead atoms. The summed E-state index contributed by atoms with van der Waals surface area (Å²) in [6.45, 7) is 0. The molecule has 0 amide bonds. The molecule has 2 rings (SSSR count). The molecule has 0 aliphatic rings. The predicted octanol–water partition coefficient (Wildman–Crippen LogP) is 5.99. The molecule has 0 heterocycles. The molecule has 0 atom stereocenters. The van der Waals surface area contributed by atoms with E-state index in [2.05, 4.69) is 4.98 Å². The molecular weight excluding hydrogens is 389 g/mol. The van der Waals surface area contributed by atoms with Gasteiger partial charge in [0.1, 0.15) is 5.75 Å². The average Bonchev–Trinajstić information content (AvgIpc) is 2.44. The van der Waals surface area contributed by atoms with E-state index in [1.165, 1.54) is 0 Å². The van der Waals surface area contributed by atoms with Crippen LogP contribution in [0.15, 0.2) is 48.5 Å². The maximum atomic E-state index is 9.91. The molecule has 2 aromatic rings. The van der Waals surface area contributed by atoms with Crippen LogP contribution >= 0.6 is 0 Å². The predicted molar refractivity (Wildman–Crippen MR) is 75.6 cm³/mol. The first kappa shape index (κ1) is 18.8. The second-order valence-corrected chi connectivity index (χ2v) is 8.30. The number of hydrogen-bond acceptors (Lipinski definition) is 2. The van der Waals surface area contributed by atoms with Crippen molar-refractivity contribution in [3.05, 3.63) is 53.5 Å². The van der Waals surface area contributed by atoms with Crippen LogP contribution in [0.3, 0.4) is 0 Å². The Labute approximate surface area is 129 Å². The van der Waals surface area contributed by atoms with Crippen LogP contribution in [0.5, 0.6) is 5.75 Å². The maximum absolute atomic E-state index is 11.1. The summed E-state index contributed by atoms with van der Waals surface area (Å²) in [7, 11) is 1.62. The van der Waals surface area contributed by atoms with E-state index in [9.17, 15) is 20.8 Å². The normalized spacial score (nSPS) is 13.7. The zero-order chi connectivity index (χ0) is 17.8. The molecule has 0 saturated heterocycles. The first-order valence-corrected chi connectivity index (χ1v) is 10.2. The molecule has 0 radical (unpaired) electrons. The Bertz CT molecular complexity index is 728. The van der Waals surface area contributed by atoms with E-state index >= 15 is 0 Å². The average molecular weight is 400 g/mol. The van der Waals surface area contributed by atoms with Crippen molar-refractivity contribution in [3.63, 3.8) is 0 Å². The van der Waals surface area contributed by atoms with Gasteiger partial charge in [0.25, 0.3) is 0 Å². The number of rotatable bonds is 2. The van der Waals surface area contributed by atoms with E-state index in [4.69, 9.17) is 10.1 Å². The van der Waals surface area contributed by atoms with Gasteiger partial charge in [0, 0.05) is 11.6 Å². The molecule has 23 heavy (non-hydrogen) atoms. The molecule has 0 aliphatic heterocycles. The van der Waals surface area contributed by atoms with Gasteiger partial charge >= 0.3 is 40.7 Å². The fourth-order valence-corrected chi connectivity index (χ4v) is 1.66. The summed E-state index contributed by atoms with van der Waals surface area (Å²) in [5.74, 6) is 0.763. The Hall–Kier alpha value is -2.20. The van der Waals surface area contributed by atoms with Crippen LogP contribution in [0.4, 0.5) is 26.5 Å². The van der Waals surface area contributed by atoms with Crippen molar-refractivity contribution in [2.24, 2.45) is 0 Å². The Balaban J connectivity index is 0.000000322. The first-order valence-electron chi connectivity index (χ1n) is 5.95. The van der Waals surface area contributed by atoms with E-state index in [0.29, 0.717) is 5.69 Å². The van der Waals surface area contributed by atoms with Gasteiger partial charge in [-0.25, -0.2) is 0 Å². The molecule has 0 saturated carbocycles. The standard InChI is InChI=1S/C13H11N2O.AsF6/c1-16-13-9-5-3-7-11(13)10-6-2-4-8-12(10)15-14;2-1(3,4,5,6)7/h2-9H,1H3;/q+1;-1. The summed E-state index contributed by atoms with van der Waals surface area (Å²) in [6, 6.07) is 15.0. The summed E-state index contributed by atoms with van der Waals surface area (Å²) in [5, 5.41) is 8.93. The molecule has 0 N–H and O–H groups in total. The molecule has 10 heteroatoms. The number of nitrogens with zero attached hydrogens (tertiary/aromatic N) is 2. The van der Waals surface area contributed by atoms with Crippen LogP contribution in [0.25, 0.3) is 16.1 Å². The number of methoxy groups -OCH3 is 1. The van der Waals surface area contributed by atoms with Gasteiger partial charge in [-0.15, -0.1) is 0 Å². The summed E-state index contributed by atoms with van der Waals surface area (Å²) >= 11 is -11.1. The molecule has 0 fully saturated rings. The summed E-state index contributed by atoms with van der Waals surface area (Å²) < 4.78 is 64.7. The van der Waals surface area contributed by atoms with Gasteiger partial charge in [-0.05, 0) is 12.1 Å². The molecule has 2 aromatic carbocycles. The van der Waals surface area contributed by atoms with Crippen LogP contribution in [0.1, 0.15) is 0 Å². The number of diazo groups is 1. The van der Waals surface area contributed by atoms with Gasteiger partial charge < -0.3 is 4.74 Å². The van der Waals surface area contributed by atoms with E-state index in [0.717, 1.165) is 16.9 Å². The number of halogens is 6. The van der Waals surface area contributed by atoms with Crippen molar-refractivity contribution in [2.45, 2.75) is 0 Å². The summed E-state index contributed by atoms with van der Waals surface area (Å²) in [4.78, 5) is 3.27. The second-order valence-electron chi connectivity index (χ2n) is 4.28. The van der Waals surface area contributed by atoms with Crippen molar-refractivity contribution in [3.8, 4) is 16.9 Å². The van der Waals surface area contributed by atoms with E-state index < -0.39 is 14.2 Å². The third-order valence-corrected chi connectivity index (χ3v) is 2.41. The molecule has 0 aromatic heterocycles. The van der Waals surface area contributed by atoms with Crippen molar-refractivity contribution in [1.82, 2.24) is 0 Å². The van der Waals surface area contributed by atoms with Gasteiger partial charge in [0.05, 0.1) is 12.7 Å². The van der Waals surface area contributed by atoms with Gasteiger partial charge in [-0.1, -0.05) is 30.3 Å². The van der Waals surface area contributed by atoms with Crippen LogP contribution in [-0.2, 0) is 0 Å². The fourth-order valence-electron chi connectivity index (χ4n) is 1.66. The molecule has 0 spiro atoms. The van der Waals surface area contributed by atoms with Gasteiger partial charge in [-0.2, -0.15) is 0 Å². The van der Waals surface area contributed by atoms with Crippen molar-refractivity contribution in [1.29, 1.82) is 5.39 Å². The monoisotopic (exact) mass is 400 g/mol. The van der Waals surface area contributed by atoms with Crippen LogP contribution in [0, 0.1) is 5.39 Å². The third kappa shape index (κ3) is 8.12. The quantitative estimate of drug-likeness (QED) is 0.353. The van der Waals surface area contributed by atoms with Crippen molar-refractivity contribution < 1.29 is 25.5 Å².